The van der Waals surface area contributed by atoms with E-state index in [1.807, 2.05) is 23.6 Å². The van der Waals surface area contributed by atoms with Crippen molar-refractivity contribution in [2.75, 3.05) is 21.7 Å². The van der Waals surface area contributed by atoms with E-state index in [0.717, 1.165) is 88.1 Å². The highest BCUT2D eigenvalue weighted by Crippen LogP contribution is 2.46. The lowest BCUT2D eigenvalue weighted by molar-refractivity contribution is -0.137. The van der Waals surface area contributed by atoms with Crippen LogP contribution in [-0.4, -0.2) is 116 Å². The maximum atomic E-state index is 15.2. The Bertz CT molecular complexity index is 3390. The molecule has 6 aromatic rings. The number of halogens is 5. The van der Waals surface area contributed by atoms with Gasteiger partial charge in [-0.05, 0) is 172 Å². The Balaban J connectivity index is 0.000000145. The number of carbonyl (C=O) groups excluding carboxylic acids is 2. The molecule has 0 spiro atoms. The third-order valence-electron chi connectivity index (χ3n) is 15.1. The minimum absolute atomic E-state index is 0.00134. The number of piperidine rings is 2. The molecule has 0 radical (unpaired) electrons. The zero-order valence-corrected chi connectivity index (χ0v) is 44.0. The number of amides is 2. The highest BCUT2D eigenvalue weighted by atomic mass is 35.5. The quantitative estimate of drug-likeness (QED) is 0.0679. The summed E-state index contributed by atoms with van der Waals surface area (Å²) in [6.07, 6.45) is 11.5. The molecule has 2 saturated carbocycles. The van der Waals surface area contributed by atoms with Gasteiger partial charge in [0, 0.05) is 62.2 Å². The Morgan fingerprint density at radius 1 is 0.610 bits per heavy atom. The number of nitrogens with two attached hydrogens (primary N) is 1. The number of tetrazole rings is 2. The van der Waals surface area contributed by atoms with Crippen LogP contribution in [0.5, 0.6) is 0 Å². The number of hydrogen-bond acceptors (Lipinski definition) is 16. The summed E-state index contributed by atoms with van der Waals surface area (Å²) in [7, 11) is 3.00. The Hall–Kier alpha value is -7.51. The summed E-state index contributed by atoms with van der Waals surface area (Å²) in [4.78, 5) is 68.4. The molecular formula is C50H59ClF4N18O4. The van der Waals surface area contributed by atoms with Gasteiger partial charge in [0.05, 0.1) is 35.1 Å². The van der Waals surface area contributed by atoms with E-state index in [1.54, 1.807) is 0 Å². The molecule has 0 bridgehead atoms. The second-order valence-electron chi connectivity index (χ2n) is 21.9. The summed E-state index contributed by atoms with van der Waals surface area (Å²) in [5.41, 5.74) is 6.57. The smallest absolute Gasteiger partial charge is 0.368 e. The Morgan fingerprint density at radius 3 is 1.56 bits per heavy atom. The second-order valence-corrected chi connectivity index (χ2v) is 22.3. The molecule has 77 heavy (non-hydrogen) atoms. The van der Waals surface area contributed by atoms with Gasteiger partial charge in [-0.2, -0.15) is 28.7 Å². The average molecular weight is 1090 g/mol. The first-order valence-electron chi connectivity index (χ1n) is 25.6. The predicted molar refractivity (Wildman–Crippen MR) is 275 cm³/mol. The van der Waals surface area contributed by atoms with E-state index in [2.05, 4.69) is 70.6 Å². The van der Waals surface area contributed by atoms with Crippen molar-refractivity contribution in [3.05, 3.63) is 97.3 Å². The molecule has 6 aliphatic rings. The van der Waals surface area contributed by atoms with Crippen molar-refractivity contribution in [1.29, 1.82) is 0 Å². The highest BCUT2D eigenvalue weighted by molar-refractivity contribution is 6.28. The number of carbonyl (C=O) groups is 2. The number of benzene rings is 2. The van der Waals surface area contributed by atoms with Crippen LogP contribution in [0.15, 0.2) is 46.2 Å². The number of nitrogen functional groups attached to an aromatic ring is 1. The average Bonchev–Trinajstić information content (AvgIpc) is 4.28. The minimum atomic E-state index is -0.630. The summed E-state index contributed by atoms with van der Waals surface area (Å²) >= 11 is 5.72. The van der Waals surface area contributed by atoms with Crippen LogP contribution < -0.4 is 33.1 Å². The van der Waals surface area contributed by atoms with E-state index in [4.69, 9.17) is 17.3 Å². The molecule has 4 aliphatic heterocycles. The summed E-state index contributed by atoms with van der Waals surface area (Å²) in [5.74, 6) is -1.21. The lowest BCUT2D eigenvalue weighted by Crippen LogP contribution is -2.57. The highest BCUT2D eigenvalue weighted by Gasteiger charge is 2.48. The maximum Gasteiger partial charge on any atom is 0.368 e. The number of rotatable bonds is 10. The summed E-state index contributed by atoms with van der Waals surface area (Å²) in [6.45, 7) is 8.16. The van der Waals surface area contributed by atoms with Gasteiger partial charge in [0.1, 0.15) is 11.6 Å². The first-order chi connectivity index (χ1) is 36.5. The Labute approximate surface area is 443 Å². The van der Waals surface area contributed by atoms with Crippen molar-refractivity contribution in [3.8, 4) is 11.4 Å². The lowest BCUT2D eigenvalue weighted by atomic mass is 9.84. The zero-order chi connectivity index (χ0) is 54.8. The summed E-state index contributed by atoms with van der Waals surface area (Å²) in [5, 5.41) is 24.3. The number of aromatic nitrogens is 12. The SMILES string of the molecule is CC1(C)CC(Nc2nc(Cl)ncc2F)CC2CCC(=O)N21.Cn1nnn(-c2cc(N)c(F)cc2C2CC2)c1=O.Cn1nnn(-c2cc(Nc3ncc(F)c(NC4CC5CCC(=O)N5C(C)(C)C4)n3)c(F)cc2C2CC2)c1=O. The maximum absolute atomic E-state index is 15.2. The van der Waals surface area contributed by atoms with Gasteiger partial charge in [-0.3, -0.25) is 9.59 Å². The fraction of sp³-hybridized carbons (Fsp3) is 0.520. The van der Waals surface area contributed by atoms with Crippen LogP contribution in [0.1, 0.15) is 128 Å². The van der Waals surface area contributed by atoms with Crippen molar-refractivity contribution in [2.45, 2.75) is 152 Å². The fourth-order valence-corrected chi connectivity index (χ4v) is 11.7. The monoisotopic (exact) mass is 1090 g/mol. The molecule has 4 unspecified atom stereocenters. The molecule has 4 saturated heterocycles. The molecule has 4 atom stereocenters. The molecule has 2 aliphatic carbocycles. The van der Waals surface area contributed by atoms with Crippen LogP contribution in [0.2, 0.25) is 5.28 Å². The van der Waals surface area contributed by atoms with E-state index in [9.17, 15) is 32.3 Å². The van der Waals surface area contributed by atoms with Crippen LogP contribution in [0, 0.1) is 23.3 Å². The molecule has 12 rings (SSSR count). The number of fused-ring (bicyclic) bond motifs is 2. The number of anilines is 5. The van der Waals surface area contributed by atoms with Crippen LogP contribution in [0.4, 0.5) is 46.5 Å². The van der Waals surface area contributed by atoms with Gasteiger partial charge in [0.15, 0.2) is 23.3 Å². The molecule has 6 fully saturated rings. The second kappa shape index (κ2) is 20.5. The van der Waals surface area contributed by atoms with E-state index < -0.39 is 29.0 Å². The number of nitrogens with one attached hydrogen (secondary N) is 3. The van der Waals surface area contributed by atoms with Crippen molar-refractivity contribution in [2.24, 2.45) is 14.1 Å². The van der Waals surface area contributed by atoms with Gasteiger partial charge >= 0.3 is 11.4 Å². The molecule has 4 aromatic heterocycles. The van der Waals surface area contributed by atoms with Crippen molar-refractivity contribution >= 4 is 52.4 Å². The molecule has 27 heteroatoms. The first-order valence-corrected chi connectivity index (χ1v) is 26.0. The largest absolute Gasteiger partial charge is 0.396 e. The topological polar surface area (TPSA) is 260 Å². The van der Waals surface area contributed by atoms with Gasteiger partial charge in [-0.1, -0.05) is 0 Å². The van der Waals surface area contributed by atoms with Crippen molar-refractivity contribution < 1.29 is 27.2 Å². The lowest BCUT2D eigenvalue weighted by Gasteiger charge is -2.47. The zero-order valence-electron chi connectivity index (χ0n) is 43.3. The number of hydrogen-bond donors (Lipinski definition) is 4. The van der Waals surface area contributed by atoms with E-state index in [1.165, 1.54) is 38.4 Å². The van der Waals surface area contributed by atoms with Gasteiger partial charge in [0.2, 0.25) is 23.0 Å². The molecule has 2 amide bonds. The first kappa shape index (κ1) is 52.9. The number of aryl methyl sites for hydroxylation is 2. The molecule has 22 nitrogen and oxygen atoms in total. The minimum Gasteiger partial charge on any atom is -0.396 e. The number of nitrogens with zero attached hydrogens (tertiary/aromatic N) is 14. The fourth-order valence-electron chi connectivity index (χ4n) is 11.5. The van der Waals surface area contributed by atoms with Gasteiger partial charge in [0.25, 0.3) is 0 Å². The molecule has 5 N–H and O–H groups in total. The van der Waals surface area contributed by atoms with Crippen molar-refractivity contribution in [1.82, 2.24) is 69.3 Å². The van der Waals surface area contributed by atoms with Crippen LogP contribution >= 0.6 is 11.6 Å². The predicted octanol–water partition coefficient (Wildman–Crippen LogP) is 6.18. The van der Waals surface area contributed by atoms with Gasteiger partial charge < -0.3 is 31.5 Å². The van der Waals surface area contributed by atoms with Gasteiger partial charge in [-0.15, -0.1) is 0 Å². The van der Waals surface area contributed by atoms with Crippen LogP contribution in [0.25, 0.3) is 11.4 Å². The Morgan fingerprint density at radius 2 is 1.08 bits per heavy atom. The third-order valence-corrected chi connectivity index (χ3v) is 15.3. The molecule has 2 aromatic carbocycles. The van der Waals surface area contributed by atoms with Crippen LogP contribution in [-0.2, 0) is 23.7 Å². The molecular weight excluding hydrogens is 1030 g/mol. The van der Waals surface area contributed by atoms with E-state index in [-0.39, 0.29) is 98.8 Å². The molecule has 408 valence electrons. The third kappa shape index (κ3) is 10.9. The molecule has 8 heterocycles. The summed E-state index contributed by atoms with van der Waals surface area (Å²) in [6, 6.07) is 5.99. The standard InChI is InChI=1S/C25H29F2N9O2.C14H18ClFN4O.C11H12FN5O/c1-25(2)11-14(8-15-6-7-21(37)35(15)25)29-22-18(27)12-28-23(31-22)30-19-10-20(36-24(38)34(3)32-33-36)16(9-17(19)26)13-4-5-13;1-14(2)6-8(5-9-3-4-11(21)20(9)14)18-12-10(16)7-17-13(15)19-12;1-16-11(18)17(15-14-16)10-5-9(13)8(12)4-7(10)6-2-3-6/h9-10,12-15H,4-8,11H2,1-3H3,(H2,28,29,30,31);7-9H,3-6H2,1-2H3,(H,17,18,19);4-6H,2-3,13H2,1H3. The van der Waals surface area contributed by atoms with Crippen LogP contribution in [0.3, 0.4) is 0 Å². The summed E-state index contributed by atoms with van der Waals surface area (Å²) < 4.78 is 61.7. The van der Waals surface area contributed by atoms with E-state index in [0.29, 0.717) is 42.6 Å². The van der Waals surface area contributed by atoms with Gasteiger partial charge in [-0.25, -0.2) is 37.1 Å². The van der Waals surface area contributed by atoms with Crippen molar-refractivity contribution in [3.63, 3.8) is 0 Å². The van der Waals surface area contributed by atoms with E-state index >= 15 is 4.39 Å². The Kier molecular flexibility index (Phi) is 14.1. The normalized spacial score (nSPS) is 22.1.